The van der Waals surface area contributed by atoms with Crippen LogP contribution in [-0.4, -0.2) is 28.7 Å². The number of benzene rings is 1. The molecule has 5 nitrogen and oxygen atoms in total. The molecule has 6 heteroatoms. The number of amides is 1. The van der Waals surface area contributed by atoms with Gasteiger partial charge >= 0.3 is 4.87 Å². The fourth-order valence-corrected chi connectivity index (χ4v) is 3.93. The van der Waals surface area contributed by atoms with Crippen molar-refractivity contribution in [2.45, 2.75) is 32.7 Å². The molecule has 1 amide bonds. The van der Waals surface area contributed by atoms with E-state index in [1.54, 1.807) is 9.47 Å². The zero-order valence-electron chi connectivity index (χ0n) is 13.3. The van der Waals surface area contributed by atoms with Gasteiger partial charge in [0.1, 0.15) is 0 Å². The maximum absolute atomic E-state index is 12.6. The summed E-state index contributed by atoms with van der Waals surface area (Å²) in [5.41, 5.74) is 2.83. The number of aliphatic hydroxyl groups excluding tert-OH is 1. The second-order valence-corrected chi connectivity index (χ2v) is 7.02. The van der Waals surface area contributed by atoms with E-state index < -0.39 is 0 Å². The normalized spacial score (nSPS) is 16.7. The minimum Gasteiger partial charge on any atom is -0.396 e. The van der Waals surface area contributed by atoms with Crippen molar-refractivity contribution < 1.29 is 9.90 Å². The number of anilines is 1. The topological polar surface area (TPSA) is 62.5 Å². The first-order valence-corrected chi connectivity index (χ1v) is 8.51. The van der Waals surface area contributed by atoms with Gasteiger partial charge in [-0.2, -0.15) is 0 Å². The zero-order valence-corrected chi connectivity index (χ0v) is 14.1. The van der Waals surface area contributed by atoms with Crippen LogP contribution in [0, 0.1) is 13.8 Å². The molecule has 2 aromatic rings. The van der Waals surface area contributed by atoms with Crippen molar-refractivity contribution in [3.8, 4) is 0 Å². The summed E-state index contributed by atoms with van der Waals surface area (Å²) >= 11 is 1.22. The predicted molar refractivity (Wildman–Crippen MR) is 91.3 cm³/mol. The van der Waals surface area contributed by atoms with Crippen LogP contribution in [0.2, 0.25) is 0 Å². The third-order valence-electron chi connectivity index (χ3n) is 4.52. The number of thiazole rings is 1. The Morgan fingerprint density at radius 3 is 2.74 bits per heavy atom. The monoisotopic (exact) mass is 332 g/mol. The smallest absolute Gasteiger partial charge is 0.307 e. The second-order valence-electron chi connectivity index (χ2n) is 5.85. The van der Waals surface area contributed by atoms with E-state index in [2.05, 4.69) is 0 Å². The fourth-order valence-electron chi connectivity index (χ4n) is 3.08. The Morgan fingerprint density at radius 2 is 2.09 bits per heavy atom. The Balaban J connectivity index is 1.76. The van der Waals surface area contributed by atoms with Crippen molar-refractivity contribution in [1.29, 1.82) is 0 Å². The average molecular weight is 332 g/mol. The van der Waals surface area contributed by atoms with Gasteiger partial charge < -0.3 is 14.6 Å². The predicted octanol–water partition coefficient (Wildman–Crippen LogP) is 2.04. The van der Waals surface area contributed by atoms with Gasteiger partial charge in [-0.3, -0.25) is 9.59 Å². The van der Waals surface area contributed by atoms with Crippen molar-refractivity contribution >= 4 is 22.9 Å². The summed E-state index contributed by atoms with van der Waals surface area (Å²) < 4.78 is 1.67. The van der Waals surface area contributed by atoms with E-state index >= 15 is 0 Å². The van der Waals surface area contributed by atoms with Crippen molar-refractivity contribution in [3.63, 3.8) is 0 Å². The molecule has 122 valence electrons. The SMILES string of the molecule is Cc1sc(=O)n(CCC(=O)N2CC(CO)c3ccccc32)c1C. The molecule has 1 aliphatic heterocycles. The average Bonchev–Trinajstić information content (AvgIpc) is 3.04. The third-order valence-corrected chi connectivity index (χ3v) is 5.51. The molecule has 3 rings (SSSR count). The van der Waals surface area contributed by atoms with Crippen LogP contribution >= 0.6 is 11.3 Å². The number of rotatable bonds is 4. The largest absolute Gasteiger partial charge is 0.396 e. The van der Waals surface area contributed by atoms with Crippen LogP contribution in [0.1, 0.15) is 28.5 Å². The highest BCUT2D eigenvalue weighted by Crippen LogP contribution is 2.36. The molecule has 1 unspecified atom stereocenters. The van der Waals surface area contributed by atoms with Crippen molar-refractivity contribution in [1.82, 2.24) is 4.57 Å². The van der Waals surface area contributed by atoms with Gasteiger partial charge in [-0.1, -0.05) is 29.5 Å². The summed E-state index contributed by atoms with van der Waals surface area (Å²) in [5, 5.41) is 9.51. The molecule has 0 saturated heterocycles. The van der Waals surface area contributed by atoms with Crippen molar-refractivity contribution in [2.24, 2.45) is 0 Å². The first-order valence-electron chi connectivity index (χ1n) is 7.70. The van der Waals surface area contributed by atoms with Crippen LogP contribution in [0.25, 0.3) is 0 Å². The molecule has 1 atom stereocenters. The number of aryl methyl sites for hydroxylation is 1. The minimum absolute atomic E-state index is 0.0106. The van der Waals surface area contributed by atoms with Crippen LogP contribution < -0.4 is 9.77 Å². The number of nitrogens with zero attached hydrogens (tertiary/aromatic N) is 2. The molecule has 0 aliphatic carbocycles. The molecule has 1 N–H and O–H groups in total. The first kappa shape index (κ1) is 16.0. The number of carbonyl (C=O) groups is 1. The number of hydrogen-bond donors (Lipinski definition) is 1. The van der Waals surface area contributed by atoms with Gasteiger partial charge in [0, 0.05) is 41.7 Å². The molecule has 0 saturated carbocycles. The Labute approximate surface area is 138 Å². The Morgan fingerprint density at radius 1 is 1.35 bits per heavy atom. The van der Waals surface area contributed by atoms with Gasteiger partial charge in [-0.05, 0) is 25.5 Å². The van der Waals surface area contributed by atoms with Gasteiger partial charge in [-0.15, -0.1) is 0 Å². The first-order chi connectivity index (χ1) is 11.0. The molecule has 0 bridgehead atoms. The lowest BCUT2D eigenvalue weighted by Crippen LogP contribution is -2.31. The standard InChI is InChI=1S/C17H20N2O3S/c1-11-12(2)23-17(22)18(11)8-7-16(21)19-9-13(10-20)14-5-3-4-6-15(14)19/h3-6,13,20H,7-10H2,1-2H3. The Bertz CT molecular complexity index is 793. The van der Waals surface area contributed by atoms with Crippen LogP contribution in [0.3, 0.4) is 0 Å². The molecule has 1 aromatic heterocycles. The fraction of sp³-hybridized carbons (Fsp3) is 0.412. The number of aromatic nitrogens is 1. The summed E-state index contributed by atoms with van der Waals surface area (Å²) in [6.07, 6.45) is 0.281. The van der Waals surface area contributed by atoms with Gasteiger partial charge in [0.25, 0.3) is 0 Å². The van der Waals surface area contributed by atoms with Crippen molar-refractivity contribution in [2.75, 3.05) is 18.1 Å². The third kappa shape index (κ3) is 2.84. The van der Waals surface area contributed by atoms with Crippen molar-refractivity contribution in [3.05, 3.63) is 50.1 Å². The van der Waals surface area contributed by atoms with E-state index in [-0.39, 0.29) is 29.7 Å². The van der Waals surface area contributed by atoms with Gasteiger partial charge in [0.05, 0.1) is 6.61 Å². The molecule has 1 aromatic carbocycles. The molecule has 2 heterocycles. The molecular formula is C17H20N2O3S. The highest BCUT2D eigenvalue weighted by molar-refractivity contribution is 7.09. The van der Waals surface area contributed by atoms with E-state index in [0.717, 1.165) is 21.8 Å². The van der Waals surface area contributed by atoms with Crippen LogP contribution in [0.5, 0.6) is 0 Å². The highest BCUT2D eigenvalue weighted by atomic mass is 32.1. The van der Waals surface area contributed by atoms with Gasteiger partial charge in [0.15, 0.2) is 0 Å². The van der Waals surface area contributed by atoms with Crippen LogP contribution in [-0.2, 0) is 11.3 Å². The molecule has 0 radical (unpaired) electrons. The van der Waals surface area contributed by atoms with E-state index in [9.17, 15) is 14.7 Å². The molecular weight excluding hydrogens is 312 g/mol. The number of fused-ring (bicyclic) bond motifs is 1. The minimum atomic E-state index is -0.0250. The van der Waals surface area contributed by atoms with E-state index in [1.807, 2.05) is 38.1 Å². The quantitative estimate of drug-likeness (QED) is 0.932. The molecule has 0 fully saturated rings. The summed E-state index contributed by atoms with van der Waals surface area (Å²) in [7, 11) is 0. The number of carbonyl (C=O) groups excluding carboxylic acids is 1. The van der Waals surface area contributed by atoms with E-state index in [0.29, 0.717) is 13.1 Å². The molecule has 0 spiro atoms. The molecule has 1 aliphatic rings. The number of para-hydroxylation sites is 1. The summed E-state index contributed by atoms with van der Waals surface area (Å²) in [6, 6.07) is 7.69. The summed E-state index contributed by atoms with van der Waals surface area (Å²) in [4.78, 5) is 27.2. The highest BCUT2D eigenvalue weighted by Gasteiger charge is 2.31. The van der Waals surface area contributed by atoms with Crippen LogP contribution in [0.4, 0.5) is 5.69 Å². The maximum Gasteiger partial charge on any atom is 0.307 e. The van der Waals surface area contributed by atoms with Crippen LogP contribution in [0.15, 0.2) is 29.1 Å². The molecule has 23 heavy (non-hydrogen) atoms. The summed E-state index contributed by atoms with van der Waals surface area (Å²) in [6.45, 7) is 4.76. The zero-order chi connectivity index (χ0) is 16.6. The lowest BCUT2D eigenvalue weighted by Gasteiger charge is -2.18. The lowest BCUT2D eigenvalue weighted by molar-refractivity contribution is -0.118. The van der Waals surface area contributed by atoms with E-state index in [4.69, 9.17) is 0 Å². The Kier molecular flexibility index (Phi) is 4.37. The number of hydrogen-bond acceptors (Lipinski definition) is 4. The second kappa shape index (κ2) is 6.29. The van der Waals surface area contributed by atoms with Gasteiger partial charge in [0.2, 0.25) is 5.91 Å². The number of aliphatic hydroxyl groups is 1. The van der Waals surface area contributed by atoms with E-state index in [1.165, 1.54) is 11.3 Å². The maximum atomic E-state index is 12.6. The lowest BCUT2D eigenvalue weighted by atomic mass is 10.0. The Hall–Kier alpha value is -1.92. The summed E-state index contributed by atoms with van der Waals surface area (Å²) in [5.74, 6) is -0.0356. The van der Waals surface area contributed by atoms with Gasteiger partial charge in [-0.25, -0.2) is 0 Å².